The number of carbonyl (C=O) groups is 2. The van der Waals surface area contributed by atoms with Gasteiger partial charge in [-0.05, 0) is 54.3 Å². The number of alkyl halides is 2. The summed E-state index contributed by atoms with van der Waals surface area (Å²) in [4.78, 5) is 35.7. The number of carbonyl (C=O) groups excluding carboxylic acids is 2. The number of rotatable bonds is 10. The van der Waals surface area contributed by atoms with Crippen LogP contribution in [0, 0.1) is 5.41 Å². The van der Waals surface area contributed by atoms with E-state index in [2.05, 4.69) is 20.6 Å². The number of halogens is 2. The molecule has 1 aromatic carbocycles. The van der Waals surface area contributed by atoms with Gasteiger partial charge in [-0.2, -0.15) is 0 Å². The summed E-state index contributed by atoms with van der Waals surface area (Å²) in [6, 6.07) is 10.1. The average molecular weight is 564 g/mol. The molecule has 1 aliphatic heterocycles. The van der Waals surface area contributed by atoms with Crippen molar-refractivity contribution in [1.29, 1.82) is 5.41 Å². The van der Waals surface area contributed by atoms with E-state index in [1.807, 2.05) is 24.8 Å². The van der Waals surface area contributed by atoms with Crippen molar-refractivity contribution >= 4 is 28.9 Å². The molecule has 2 amide bonds. The molecule has 2 aromatic heterocycles. The van der Waals surface area contributed by atoms with Crippen LogP contribution in [-0.2, 0) is 11.3 Å². The maximum absolute atomic E-state index is 13.5. The summed E-state index contributed by atoms with van der Waals surface area (Å²) in [5.74, 6) is -3.57. The number of benzene rings is 1. The van der Waals surface area contributed by atoms with Gasteiger partial charge in [-0.1, -0.05) is 19.9 Å². The summed E-state index contributed by atoms with van der Waals surface area (Å²) in [5, 5.41) is 14.0. The molecule has 0 atom stereocenters. The highest BCUT2D eigenvalue weighted by molar-refractivity contribution is 6.48. The number of hydrogen-bond acceptors (Lipinski definition) is 7. The Morgan fingerprint density at radius 2 is 1.78 bits per heavy atom. The first-order valence-corrected chi connectivity index (χ1v) is 13.7. The van der Waals surface area contributed by atoms with Crippen LogP contribution < -0.4 is 16.4 Å². The Kier molecular flexibility index (Phi) is 9.38. The number of likely N-dealkylation sites (tertiary alicyclic amines) is 1. The highest BCUT2D eigenvalue weighted by Gasteiger charge is 2.33. The molecule has 0 spiro atoms. The van der Waals surface area contributed by atoms with E-state index >= 15 is 0 Å². The van der Waals surface area contributed by atoms with Crippen molar-refractivity contribution < 1.29 is 18.4 Å². The van der Waals surface area contributed by atoms with Crippen molar-refractivity contribution in [2.75, 3.05) is 24.1 Å². The van der Waals surface area contributed by atoms with E-state index in [1.54, 1.807) is 36.7 Å². The lowest BCUT2D eigenvalue weighted by atomic mass is 9.99. The van der Waals surface area contributed by atoms with E-state index in [0.29, 0.717) is 30.9 Å². The van der Waals surface area contributed by atoms with Crippen LogP contribution in [0.2, 0.25) is 0 Å². The number of aromatic nitrogens is 2. The zero-order chi connectivity index (χ0) is 29.6. The van der Waals surface area contributed by atoms with Crippen LogP contribution in [0.5, 0.6) is 0 Å². The third-order valence-corrected chi connectivity index (χ3v) is 7.25. The van der Waals surface area contributed by atoms with Crippen molar-refractivity contribution in [1.82, 2.24) is 20.2 Å². The van der Waals surface area contributed by atoms with E-state index in [9.17, 15) is 18.4 Å². The van der Waals surface area contributed by atoms with Crippen LogP contribution in [0.15, 0.2) is 55.0 Å². The molecular weight excluding hydrogens is 528 g/mol. The van der Waals surface area contributed by atoms with Crippen LogP contribution in [0.3, 0.4) is 0 Å². The predicted octanol–water partition coefficient (Wildman–Crippen LogP) is 4.88. The number of pyridine rings is 2. The summed E-state index contributed by atoms with van der Waals surface area (Å²) in [6.45, 7) is 5.13. The molecule has 1 saturated heterocycles. The fraction of sp³-hybridized carbons (Fsp3) is 0.367. The van der Waals surface area contributed by atoms with Gasteiger partial charge in [-0.15, -0.1) is 0 Å². The third-order valence-electron chi connectivity index (χ3n) is 7.25. The standard InChI is InChI=1S/C30H35F2N7O2/c1-3-22(4-2)37-28(40)26-8-6-23(17-36-26)38-29(41)27(34)24-14-20(5-7-25(24)33)21-13-19(15-35-16-21)18-39-11-9-30(31,32)10-12-39/h5-8,13-17,22,34H,3-4,9-12,18,33H2,1-2H3,(H,37,40)(H,38,41). The molecule has 3 heterocycles. The zero-order valence-electron chi connectivity index (χ0n) is 23.2. The first kappa shape index (κ1) is 29.7. The molecule has 216 valence electrons. The second-order valence-electron chi connectivity index (χ2n) is 10.3. The predicted molar refractivity (Wildman–Crippen MR) is 155 cm³/mol. The Hall–Kier alpha value is -4.25. The summed E-state index contributed by atoms with van der Waals surface area (Å²) in [5.41, 5.74) is 9.21. The van der Waals surface area contributed by atoms with Crippen molar-refractivity contribution in [3.8, 4) is 11.1 Å². The number of anilines is 2. The van der Waals surface area contributed by atoms with E-state index < -0.39 is 11.8 Å². The highest BCUT2D eigenvalue weighted by atomic mass is 19.3. The number of amides is 2. The fourth-order valence-corrected chi connectivity index (χ4v) is 4.65. The summed E-state index contributed by atoms with van der Waals surface area (Å²) in [7, 11) is 0. The molecule has 3 aromatic rings. The first-order valence-electron chi connectivity index (χ1n) is 13.7. The van der Waals surface area contributed by atoms with E-state index in [4.69, 9.17) is 11.1 Å². The topological polar surface area (TPSA) is 137 Å². The van der Waals surface area contributed by atoms with E-state index in [1.165, 1.54) is 12.3 Å². The van der Waals surface area contributed by atoms with Gasteiger partial charge in [0.2, 0.25) is 0 Å². The lowest BCUT2D eigenvalue weighted by Gasteiger charge is -2.31. The van der Waals surface area contributed by atoms with Crippen molar-refractivity contribution in [2.24, 2.45) is 0 Å². The molecule has 0 saturated carbocycles. The average Bonchev–Trinajstić information content (AvgIpc) is 2.97. The third kappa shape index (κ3) is 7.69. The van der Waals surface area contributed by atoms with Crippen molar-refractivity contribution in [3.05, 3.63) is 71.8 Å². The maximum Gasteiger partial charge on any atom is 0.274 e. The number of piperidine rings is 1. The molecule has 0 aliphatic carbocycles. The molecule has 0 unspecified atom stereocenters. The van der Waals surface area contributed by atoms with Gasteiger partial charge in [0.15, 0.2) is 0 Å². The van der Waals surface area contributed by atoms with Crippen LogP contribution in [0.1, 0.15) is 61.1 Å². The molecule has 0 radical (unpaired) electrons. The summed E-state index contributed by atoms with van der Waals surface area (Å²) < 4.78 is 27.0. The number of nitrogens with zero attached hydrogens (tertiary/aromatic N) is 3. The molecular formula is C30H35F2N7O2. The van der Waals surface area contributed by atoms with Crippen molar-refractivity contribution in [2.45, 2.75) is 58.0 Å². The molecule has 1 aliphatic rings. The number of nitrogen functional groups attached to an aromatic ring is 1. The Bertz CT molecular complexity index is 1400. The summed E-state index contributed by atoms with van der Waals surface area (Å²) in [6.07, 6.45) is 6.06. The van der Waals surface area contributed by atoms with Gasteiger partial charge < -0.3 is 16.4 Å². The van der Waals surface area contributed by atoms with Crippen LogP contribution in [0.4, 0.5) is 20.2 Å². The number of hydrogen-bond donors (Lipinski definition) is 4. The Morgan fingerprint density at radius 1 is 1.05 bits per heavy atom. The van der Waals surface area contributed by atoms with Gasteiger partial charge in [0.1, 0.15) is 11.4 Å². The highest BCUT2D eigenvalue weighted by Crippen LogP contribution is 2.29. The quantitative estimate of drug-likeness (QED) is 0.205. The molecule has 5 N–H and O–H groups in total. The minimum atomic E-state index is -2.60. The lowest BCUT2D eigenvalue weighted by Crippen LogP contribution is -2.38. The minimum absolute atomic E-state index is 0.0640. The van der Waals surface area contributed by atoms with Crippen LogP contribution in [0.25, 0.3) is 11.1 Å². The van der Waals surface area contributed by atoms with Gasteiger partial charge in [-0.25, -0.2) is 13.8 Å². The molecule has 41 heavy (non-hydrogen) atoms. The van der Waals surface area contributed by atoms with E-state index in [0.717, 1.165) is 24.0 Å². The zero-order valence-corrected chi connectivity index (χ0v) is 23.2. The Labute approximate surface area is 238 Å². The van der Waals surface area contributed by atoms with Gasteiger partial charge >= 0.3 is 0 Å². The molecule has 4 rings (SSSR count). The van der Waals surface area contributed by atoms with Gasteiger partial charge in [-0.3, -0.25) is 24.9 Å². The molecule has 0 bridgehead atoms. The second kappa shape index (κ2) is 12.9. The molecule has 11 heteroatoms. The largest absolute Gasteiger partial charge is 0.398 e. The molecule has 9 nitrogen and oxygen atoms in total. The van der Waals surface area contributed by atoms with Gasteiger partial charge in [0.05, 0.1) is 11.9 Å². The maximum atomic E-state index is 13.5. The van der Waals surface area contributed by atoms with Crippen molar-refractivity contribution in [3.63, 3.8) is 0 Å². The Balaban J connectivity index is 1.43. The first-order chi connectivity index (χ1) is 19.6. The second-order valence-corrected chi connectivity index (χ2v) is 10.3. The summed E-state index contributed by atoms with van der Waals surface area (Å²) >= 11 is 0. The van der Waals surface area contributed by atoms with Crippen LogP contribution in [-0.4, -0.2) is 57.4 Å². The smallest absolute Gasteiger partial charge is 0.274 e. The number of nitrogens with two attached hydrogens (primary N) is 1. The SMILES string of the molecule is CCC(CC)NC(=O)c1ccc(NC(=O)C(=N)c2cc(-c3cncc(CN4CCC(F)(F)CC4)c3)ccc2N)cn1. The minimum Gasteiger partial charge on any atom is -0.398 e. The van der Waals surface area contributed by atoms with Gasteiger partial charge in [0.25, 0.3) is 17.7 Å². The normalized spacial score (nSPS) is 15.0. The van der Waals surface area contributed by atoms with E-state index in [-0.39, 0.29) is 47.4 Å². The van der Waals surface area contributed by atoms with Crippen LogP contribution >= 0.6 is 0 Å². The monoisotopic (exact) mass is 563 g/mol. The molecule has 1 fully saturated rings. The van der Waals surface area contributed by atoms with Gasteiger partial charge in [0, 0.05) is 67.7 Å². The number of nitrogens with one attached hydrogen (secondary N) is 3. The lowest BCUT2D eigenvalue weighted by molar-refractivity contribution is -0.110. The Morgan fingerprint density at radius 3 is 2.44 bits per heavy atom. The fourth-order valence-electron chi connectivity index (χ4n) is 4.65.